The van der Waals surface area contributed by atoms with Gasteiger partial charge in [0.05, 0.1) is 21.9 Å². The summed E-state index contributed by atoms with van der Waals surface area (Å²) in [6, 6.07) is 3.93. The second kappa shape index (κ2) is 4.52. The Balaban J connectivity index is 2.77. The van der Waals surface area contributed by atoms with Crippen LogP contribution in [-0.4, -0.2) is 0 Å². The number of halogens is 5. The molecule has 0 saturated carbocycles. The van der Waals surface area contributed by atoms with Crippen molar-refractivity contribution >= 4 is 23.2 Å². The maximum Gasteiger partial charge on any atom is 0.416 e. The van der Waals surface area contributed by atoms with E-state index < -0.39 is 11.7 Å². The summed E-state index contributed by atoms with van der Waals surface area (Å²) in [5.41, 5.74) is -0.656. The minimum atomic E-state index is -4.49. The fraction of sp³-hybridized carbons (Fsp3) is 0.167. The molecule has 0 amide bonds. The van der Waals surface area contributed by atoms with Gasteiger partial charge in [-0.1, -0.05) is 23.2 Å². The van der Waals surface area contributed by atoms with Gasteiger partial charge in [0.2, 0.25) is 0 Å². The normalized spacial score (nSPS) is 11.9. The zero-order chi connectivity index (χ0) is 13.5. The number of alkyl halides is 3. The lowest BCUT2D eigenvalue weighted by molar-refractivity contribution is -0.138. The Bertz CT molecular complexity index is 574. The fourth-order valence-electron chi connectivity index (χ4n) is 1.73. The third-order valence-electron chi connectivity index (χ3n) is 2.55. The summed E-state index contributed by atoms with van der Waals surface area (Å²) in [4.78, 5) is 0. The molecule has 2 aromatic rings. The van der Waals surface area contributed by atoms with Crippen LogP contribution in [0, 0.1) is 6.92 Å². The third kappa shape index (κ3) is 2.22. The Kier molecular flexibility index (Phi) is 3.34. The van der Waals surface area contributed by atoms with Crippen LogP contribution in [0.15, 0.2) is 28.9 Å². The van der Waals surface area contributed by atoms with Crippen LogP contribution in [-0.2, 0) is 6.18 Å². The zero-order valence-corrected chi connectivity index (χ0v) is 10.6. The second-order valence-electron chi connectivity index (χ2n) is 3.69. The molecule has 96 valence electrons. The molecule has 6 heteroatoms. The van der Waals surface area contributed by atoms with Crippen LogP contribution in [0.3, 0.4) is 0 Å². The van der Waals surface area contributed by atoms with Crippen molar-refractivity contribution in [3.05, 3.63) is 45.6 Å². The molecule has 0 spiro atoms. The second-order valence-corrected chi connectivity index (χ2v) is 4.48. The van der Waals surface area contributed by atoms with Gasteiger partial charge >= 0.3 is 6.18 Å². The van der Waals surface area contributed by atoms with Gasteiger partial charge in [-0.3, -0.25) is 0 Å². The fourth-order valence-corrected chi connectivity index (χ4v) is 2.22. The molecule has 2 rings (SSSR count). The van der Waals surface area contributed by atoms with Gasteiger partial charge in [0, 0.05) is 5.56 Å². The number of hydrogen-bond donors (Lipinski definition) is 0. The molecule has 0 aliphatic heterocycles. The van der Waals surface area contributed by atoms with Gasteiger partial charge in [0.15, 0.2) is 0 Å². The predicted molar refractivity (Wildman–Crippen MR) is 63.9 cm³/mol. The summed E-state index contributed by atoms with van der Waals surface area (Å²) in [7, 11) is 0. The lowest BCUT2D eigenvalue weighted by atomic mass is 10.00. The predicted octanol–water partition coefficient (Wildman–Crippen LogP) is 5.58. The molecule has 0 aliphatic carbocycles. The van der Waals surface area contributed by atoms with E-state index in [1.807, 2.05) is 0 Å². The zero-order valence-electron chi connectivity index (χ0n) is 9.11. The summed E-state index contributed by atoms with van der Waals surface area (Å²) in [6.45, 7) is 1.34. The Hall–Kier alpha value is -1.13. The number of rotatable bonds is 1. The minimum absolute atomic E-state index is 0.00755. The molecule has 0 radical (unpaired) electrons. The van der Waals surface area contributed by atoms with Gasteiger partial charge in [-0.2, -0.15) is 13.2 Å². The van der Waals surface area contributed by atoms with Crippen LogP contribution in [0.4, 0.5) is 13.2 Å². The number of benzene rings is 1. The van der Waals surface area contributed by atoms with Crippen molar-refractivity contribution < 1.29 is 17.6 Å². The van der Waals surface area contributed by atoms with E-state index in [-0.39, 0.29) is 26.9 Å². The first-order valence-corrected chi connectivity index (χ1v) is 5.67. The first-order chi connectivity index (χ1) is 8.32. The van der Waals surface area contributed by atoms with Crippen LogP contribution in [0.1, 0.15) is 11.1 Å². The SMILES string of the molecule is Cc1c(C(F)(F)F)cc(Cl)c(Cl)c1-c1ccco1. The van der Waals surface area contributed by atoms with Gasteiger partial charge in [-0.05, 0) is 30.7 Å². The molecule has 0 fully saturated rings. The maximum absolute atomic E-state index is 12.8. The van der Waals surface area contributed by atoms with E-state index in [0.29, 0.717) is 0 Å². The van der Waals surface area contributed by atoms with E-state index >= 15 is 0 Å². The summed E-state index contributed by atoms with van der Waals surface area (Å²) in [5, 5.41) is -0.0990. The maximum atomic E-state index is 12.8. The van der Waals surface area contributed by atoms with Gasteiger partial charge < -0.3 is 4.42 Å². The molecule has 0 saturated heterocycles. The largest absolute Gasteiger partial charge is 0.464 e. The van der Waals surface area contributed by atoms with Crippen molar-refractivity contribution in [2.24, 2.45) is 0 Å². The smallest absolute Gasteiger partial charge is 0.416 e. The summed E-state index contributed by atoms with van der Waals surface area (Å²) in [5.74, 6) is 0.255. The highest BCUT2D eigenvalue weighted by Crippen LogP contribution is 2.43. The van der Waals surface area contributed by atoms with Crippen LogP contribution >= 0.6 is 23.2 Å². The average molecular weight is 295 g/mol. The van der Waals surface area contributed by atoms with Gasteiger partial charge in [-0.25, -0.2) is 0 Å². The van der Waals surface area contributed by atoms with Crippen molar-refractivity contribution in [1.82, 2.24) is 0 Å². The average Bonchev–Trinajstić information content (AvgIpc) is 2.75. The molecule has 0 aliphatic rings. The number of furan rings is 1. The molecule has 18 heavy (non-hydrogen) atoms. The molecule has 1 aromatic heterocycles. The third-order valence-corrected chi connectivity index (χ3v) is 3.34. The Morgan fingerprint density at radius 3 is 2.39 bits per heavy atom. The lowest BCUT2D eigenvalue weighted by Gasteiger charge is -2.15. The highest BCUT2D eigenvalue weighted by Gasteiger charge is 2.35. The monoisotopic (exact) mass is 294 g/mol. The molecule has 0 atom stereocenters. The molecular formula is C12H7Cl2F3O. The number of hydrogen-bond acceptors (Lipinski definition) is 1. The van der Waals surface area contributed by atoms with Gasteiger partial charge in [-0.15, -0.1) is 0 Å². The van der Waals surface area contributed by atoms with Crippen molar-refractivity contribution in [3.63, 3.8) is 0 Å². The van der Waals surface area contributed by atoms with Gasteiger partial charge in [0.1, 0.15) is 5.76 Å². The molecule has 1 heterocycles. The van der Waals surface area contributed by atoms with Crippen LogP contribution in [0.25, 0.3) is 11.3 Å². The van der Waals surface area contributed by atoms with E-state index in [1.165, 1.54) is 19.3 Å². The first-order valence-electron chi connectivity index (χ1n) is 4.92. The molecular weight excluding hydrogens is 288 g/mol. The van der Waals surface area contributed by atoms with Crippen molar-refractivity contribution in [1.29, 1.82) is 0 Å². The van der Waals surface area contributed by atoms with Crippen molar-refractivity contribution in [3.8, 4) is 11.3 Å². The van der Waals surface area contributed by atoms with Gasteiger partial charge in [0.25, 0.3) is 0 Å². The molecule has 1 aromatic carbocycles. The molecule has 0 N–H and O–H groups in total. The summed E-state index contributed by atoms with van der Waals surface area (Å²) < 4.78 is 43.6. The van der Waals surface area contributed by atoms with E-state index in [9.17, 15) is 13.2 Å². The first kappa shape index (κ1) is 13.3. The van der Waals surface area contributed by atoms with Crippen molar-refractivity contribution in [2.45, 2.75) is 13.1 Å². The van der Waals surface area contributed by atoms with E-state index in [0.717, 1.165) is 6.07 Å². The Morgan fingerprint density at radius 2 is 1.89 bits per heavy atom. The topological polar surface area (TPSA) is 13.1 Å². The highest BCUT2D eigenvalue weighted by atomic mass is 35.5. The van der Waals surface area contributed by atoms with Crippen LogP contribution < -0.4 is 0 Å². The van der Waals surface area contributed by atoms with E-state index in [1.54, 1.807) is 6.07 Å². The van der Waals surface area contributed by atoms with Crippen LogP contribution in [0.2, 0.25) is 10.0 Å². The Morgan fingerprint density at radius 1 is 1.22 bits per heavy atom. The van der Waals surface area contributed by atoms with Crippen LogP contribution in [0.5, 0.6) is 0 Å². The lowest BCUT2D eigenvalue weighted by Crippen LogP contribution is -2.08. The molecule has 1 nitrogen and oxygen atoms in total. The summed E-state index contributed by atoms with van der Waals surface area (Å²) in [6.07, 6.45) is -3.13. The van der Waals surface area contributed by atoms with E-state index in [4.69, 9.17) is 27.6 Å². The van der Waals surface area contributed by atoms with E-state index in [2.05, 4.69) is 0 Å². The highest BCUT2D eigenvalue weighted by molar-refractivity contribution is 6.43. The molecule has 0 bridgehead atoms. The molecule has 0 unspecified atom stereocenters. The standard InChI is InChI=1S/C12H7Cl2F3O/c1-6-7(12(15,16)17)5-8(13)11(14)10(6)9-3-2-4-18-9/h2-5H,1H3. The minimum Gasteiger partial charge on any atom is -0.464 e. The Labute approximate surface area is 111 Å². The quantitative estimate of drug-likeness (QED) is 0.669. The van der Waals surface area contributed by atoms with Crippen molar-refractivity contribution in [2.75, 3.05) is 0 Å². The summed E-state index contributed by atoms with van der Waals surface area (Å²) >= 11 is 11.7.